The zero-order chi connectivity index (χ0) is 15.4. The molecule has 1 unspecified atom stereocenters. The van der Waals surface area contributed by atoms with E-state index in [2.05, 4.69) is 0 Å². The fraction of sp³-hybridized carbons (Fsp3) is 0.188. The van der Waals surface area contributed by atoms with Crippen molar-refractivity contribution in [2.45, 2.75) is 12.8 Å². The number of carbonyl (C=O) groups is 1. The Balaban J connectivity index is 2.22. The van der Waals surface area contributed by atoms with Crippen molar-refractivity contribution in [3.8, 4) is 0 Å². The van der Waals surface area contributed by atoms with Crippen LogP contribution in [0.25, 0.3) is 0 Å². The molecule has 0 aliphatic heterocycles. The van der Waals surface area contributed by atoms with Gasteiger partial charge in [0, 0.05) is 10.6 Å². The van der Waals surface area contributed by atoms with E-state index < -0.39 is 23.5 Å². The highest BCUT2D eigenvalue weighted by Crippen LogP contribution is 2.21. The summed E-state index contributed by atoms with van der Waals surface area (Å²) in [5.74, 6) is -3.48. The van der Waals surface area contributed by atoms with Crippen LogP contribution < -0.4 is 0 Å². The number of hydrogen-bond donors (Lipinski definition) is 1. The van der Waals surface area contributed by atoms with Crippen molar-refractivity contribution in [2.24, 2.45) is 5.92 Å². The van der Waals surface area contributed by atoms with Gasteiger partial charge in [-0.15, -0.1) is 0 Å². The zero-order valence-electron chi connectivity index (χ0n) is 11.0. The molecule has 0 amide bonds. The first-order valence-corrected chi connectivity index (χ1v) is 6.75. The van der Waals surface area contributed by atoms with E-state index in [1.54, 1.807) is 24.3 Å². The fourth-order valence-corrected chi connectivity index (χ4v) is 2.38. The molecule has 0 saturated heterocycles. The van der Waals surface area contributed by atoms with Crippen LogP contribution in [0.4, 0.5) is 8.78 Å². The molecule has 110 valence electrons. The van der Waals surface area contributed by atoms with Crippen molar-refractivity contribution >= 4 is 17.6 Å². The van der Waals surface area contributed by atoms with Crippen LogP contribution in [0, 0.1) is 17.6 Å². The Morgan fingerprint density at radius 3 is 2.29 bits per heavy atom. The third-order valence-corrected chi connectivity index (χ3v) is 3.47. The van der Waals surface area contributed by atoms with E-state index in [9.17, 15) is 18.7 Å². The van der Waals surface area contributed by atoms with Gasteiger partial charge in [-0.25, -0.2) is 8.78 Å². The van der Waals surface area contributed by atoms with E-state index in [0.29, 0.717) is 10.6 Å². The molecule has 0 aliphatic carbocycles. The first-order chi connectivity index (χ1) is 9.97. The zero-order valence-corrected chi connectivity index (χ0v) is 11.8. The van der Waals surface area contributed by atoms with Crippen LogP contribution in [0.2, 0.25) is 5.02 Å². The second-order valence-electron chi connectivity index (χ2n) is 4.77. The number of aliphatic carboxylic acids is 1. The minimum Gasteiger partial charge on any atom is -0.481 e. The molecule has 5 heteroatoms. The molecule has 21 heavy (non-hydrogen) atoms. The Morgan fingerprint density at radius 2 is 1.71 bits per heavy atom. The van der Waals surface area contributed by atoms with Gasteiger partial charge in [-0.05, 0) is 42.7 Å². The van der Waals surface area contributed by atoms with Crippen LogP contribution >= 0.6 is 11.6 Å². The van der Waals surface area contributed by atoms with Crippen LogP contribution in [0.15, 0.2) is 42.5 Å². The first-order valence-electron chi connectivity index (χ1n) is 6.37. The lowest BCUT2D eigenvalue weighted by atomic mass is 9.92. The summed E-state index contributed by atoms with van der Waals surface area (Å²) in [6.07, 6.45) is -0.0516. The third-order valence-electron chi connectivity index (χ3n) is 3.23. The highest BCUT2D eigenvalue weighted by molar-refractivity contribution is 6.30. The molecular weight excluding hydrogens is 298 g/mol. The summed E-state index contributed by atoms with van der Waals surface area (Å²) in [5, 5.41) is 9.76. The van der Waals surface area contributed by atoms with Crippen LogP contribution in [0.1, 0.15) is 11.1 Å². The minimum atomic E-state index is -1.10. The van der Waals surface area contributed by atoms with Crippen molar-refractivity contribution in [3.63, 3.8) is 0 Å². The summed E-state index contributed by atoms with van der Waals surface area (Å²) in [6, 6.07) is 10.3. The van der Waals surface area contributed by atoms with Gasteiger partial charge in [0.1, 0.15) is 11.6 Å². The predicted molar refractivity (Wildman–Crippen MR) is 76.3 cm³/mol. The molecule has 0 aromatic heterocycles. The van der Waals surface area contributed by atoms with Gasteiger partial charge < -0.3 is 5.11 Å². The summed E-state index contributed by atoms with van der Waals surface area (Å²) in [4.78, 5) is 11.3. The number of benzene rings is 2. The Kier molecular flexibility index (Phi) is 4.91. The van der Waals surface area contributed by atoms with E-state index in [-0.39, 0.29) is 18.4 Å². The average molecular weight is 311 g/mol. The molecule has 2 rings (SSSR count). The molecular formula is C16H13ClF2O2. The average Bonchev–Trinajstić information content (AvgIpc) is 2.41. The van der Waals surface area contributed by atoms with Gasteiger partial charge in [-0.3, -0.25) is 4.79 Å². The topological polar surface area (TPSA) is 37.3 Å². The molecule has 0 aliphatic rings. The number of carboxylic acids is 1. The first kappa shape index (κ1) is 15.4. The number of rotatable bonds is 5. The lowest BCUT2D eigenvalue weighted by Crippen LogP contribution is -2.20. The Labute approximate surface area is 126 Å². The molecule has 2 aromatic carbocycles. The standard InChI is InChI=1S/C16H13ClF2O2/c17-12-4-1-3-10(8-12)7-11(16(20)21)9-13-14(18)5-2-6-15(13)19/h1-6,8,11H,7,9H2,(H,20,21). The SMILES string of the molecule is O=C(O)C(Cc1cccc(Cl)c1)Cc1c(F)cccc1F. The van der Waals surface area contributed by atoms with Gasteiger partial charge in [0.25, 0.3) is 0 Å². The normalized spacial score (nSPS) is 12.1. The van der Waals surface area contributed by atoms with Crippen molar-refractivity contribution in [3.05, 3.63) is 70.2 Å². The molecule has 0 spiro atoms. The molecule has 0 bridgehead atoms. The highest BCUT2D eigenvalue weighted by atomic mass is 35.5. The van der Waals surface area contributed by atoms with Crippen molar-refractivity contribution in [2.75, 3.05) is 0 Å². The summed E-state index contributed by atoms with van der Waals surface area (Å²) in [5.41, 5.74) is 0.513. The quantitative estimate of drug-likeness (QED) is 0.902. The highest BCUT2D eigenvalue weighted by Gasteiger charge is 2.22. The second-order valence-corrected chi connectivity index (χ2v) is 5.21. The van der Waals surface area contributed by atoms with Crippen LogP contribution in [-0.2, 0) is 17.6 Å². The summed E-state index contributed by atoms with van der Waals surface area (Å²) < 4.78 is 27.2. The lowest BCUT2D eigenvalue weighted by Gasteiger charge is -2.14. The van der Waals surface area contributed by atoms with Gasteiger partial charge in [-0.2, -0.15) is 0 Å². The van der Waals surface area contributed by atoms with E-state index in [0.717, 1.165) is 12.1 Å². The summed E-state index contributed by atoms with van der Waals surface area (Å²) in [6.45, 7) is 0. The van der Waals surface area contributed by atoms with Gasteiger partial charge in [0.05, 0.1) is 5.92 Å². The number of halogens is 3. The maximum Gasteiger partial charge on any atom is 0.307 e. The van der Waals surface area contributed by atoms with Gasteiger partial charge in [-0.1, -0.05) is 29.8 Å². The Bertz CT molecular complexity index is 638. The van der Waals surface area contributed by atoms with Gasteiger partial charge >= 0.3 is 5.97 Å². The minimum absolute atomic E-state index is 0.156. The van der Waals surface area contributed by atoms with E-state index in [4.69, 9.17) is 11.6 Å². The molecule has 0 saturated carbocycles. The molecule has 2 aromatic rings. The molecule has 0 radical (unpaired) electrons. The number of hydrogen-bond acceptors (Lipinski definition) is 1. The Morgan fingerprint density at radius 1 is 1.10 bits per heavy atom. The summed E-state index contributed by atoms with van der Waals surface area (Å²) >= 11 is 5.85. The largest absolute Gasteiger partial charge is 0.481 e. The molecule has 0 heterocycles. The van der Waals surface area contributed by atoms with Crippen molar-refractivity contribution < 1.29 is 18.7 Å². The van der Waals surface area contributed by atoms with Crippen molar-refractivity contribution in [1.29, 1.82) is 0 Å². The fourth-order valence-electron chi connectivity index (χ4n) is 2.17. The van der Waals surface area contributed by atoms with Crippen LogP contribution in [0.5, 0.6) is 0 Å². The van der Waals surface area contributed by atoms with Crippen LogP contribution in [0.3, 0.4) is 0 Å². The molecule has 1 atom stereocenters. The maximum atomic E-state index is 13.6. The second kappa shape index (κ2) is 6.68. The Hall–Kier alpha value is -1.94. The number of carboxylic acid groups (broad SMARTS) is 1. The molecule has 0 fully saturated rings. The predicted octanol–water partition coefficient (Wildman–Crippen LogP) is 4.10. The van der Waals surface area contributed by atoms with Crippen LogP contribution in [-0.4, -0.2) is 11.1 Å². The molecule has 2 nitrogen and oxygen atoms in total. The molecule has 1 N–H and O–H groups in total. The lowest BCUT2D eigenvalue weighted by molar-refractivity contribution is -0.141. The van der Waals surface area contributed by atoms with E-state index >= 15 is 0 Å². The maximum absolute atomic E-state index is 13.6. The smallest absolute Gasteiger partial charge is 0.307 e. The van der Waals surface area contributed by atoms with Gasteiger partial charge in [0.15, 0.2) is 0 Å². The summed E-state index contributed by atoms with van der Waals surface area (Å²) in [7, 11) is 0. The van der Waals surface area contributed by atoms with E-state index in [1.807, 2.05) is 0 Å². The third kappa shape index (κ3) is 4.02. The van der Waals surface area contributed by atoms with Crippen molar-refractivity contribution in [1.82, 2.24) is 0 Å². The monoisotopic (exact) mass is 310 g/mol. The van der Waals surface area contributed by atoms with E-state index in [1.165, 1.54) is 6.07 Å². The van der Waals surface area contributed by atoms with Gasteiger partial charge in [0.2, 0.25) is 0 Å².